The normalized spacial score (nSPS) is 22.8. The van der Waals surface area contributed by atoms with Crippen LogP contribution >= 0.6 is 0 Å². The van der Waals surface area contributed by atoms with E-state index in [9.17, 15) is 18.0 Å². The Hall–Kier alpha value is -2.46. The zero-order valence-corrected chi connectivity index (χ0v) is 17.2. The SMILES string of the molecule is NC[C@H]1CC[C@@H](N2CC(NC(=O)CNc3ncnc4ccc(C(F)(F)F)cc34)C2)CC1. The molecule has 0 spiro atoms. The van der Waals surface area contributed by atoms with Crippen LogP contribution < -0.4 is 16.4 Å². The first-order chi connectivity index (χ1) is 14.8. The van der Waals surface area contributed by atoms with Gasteiger partial charge in [0.1, 0.15) is 12.1 Å². The molecular formula is C21H27F3N6O. The second kappa shape index (κ2) is 8.96. The molecule has 2 fully saturated rings. The number of carbonyl (C=O) groups is 1. The molecule has 7 nitrogen and oxygen atoms in total. The number of hydrogen-bond donors (Lipinski definition) is 3. The summed E-state index contributed by atoms with van der Waals surface area (Å²) < 4.78 is 39.1. The number of benzene rings is 1. The van der Waals surface area contributed by atoms with Crippen LogP contribution in [0.3, 0.4) is 0 Å². The van der Waals surface area contributed by atoms with Crippen molar-refractivity contribution in [3.63, 3.8) is 0 Å². The van der Waals surface area contributed by atoms with Crippen molar-refractivity contribution in [2.24, 2.45) is 11.7 Å². The summed E-state index contributed by atoms with van der Waals surface area (Å²) in [5.74, 6) is 0.637. The maximum absolute atomic E-state index is 13.0. The van der Waals surface area contributed by atoms with E-state index < -0.39 is 11.7 Å². The number of nitrogens with two attached hydrogens (primary N) is 1. The highest BCUT2D eigenvalue weighted by Gasteiger charge is 2.35. The van der Waals surface area contributed by atoms with Crippen LogP contribution in [0.2, 0.25) is 0 Å². The largest absolute Gasteiger partial charge is 0.416 e. The summed E-state index contributed by atoms with van der Waals surface area (Å²) in [6.45, 7) is 2.35. The molecular weight excluding hydrogens is 409 g/mol. The van der Waals surface area contributed by atoms with Crippen LogP contribution in [-0.2, 0) is 11.0 Å². The van der Waals surface area contributed by atoms with Gasteiger partial charge in [-0.05, 0) is 56.3 Å². The summed E-state index contributed by atoms with van der Waals surface area (Å²) in [5.41, 5.74) is 5.35. The standard InChI is InChI=1S/C21H27F3N6O/c22-21(23,24)14-3-6-18-17(7-14)20(28-12-27-18)26-9-19(31)29-15-10-30(11-15)16-4-1-13(8-25)2-5-16/h3,6-7,12-13,15-16H,1-2,4-5,8-11,25H2,(H,29,31)(H,26,27,28)/t13-,16+. The van der Waals surface area contributed by atoms with Gasteiger partial charge in [0, 0.05) is 24.5 Å². The van der Waals surface area contributed by atoms with Gasteiger partial charge in [-0.1, -0.05) is 0 Å². The minimum Gasteiger partial charge on any atom is -0.360 e. The van der Waals surface area contributed by atoms with E-state index in [1.807, 2.05) is 0 Å². The Morgan fingerprint density at radius 3 is 2.58 bits per heavy atom. The lowest BCUT2D eigenvalue weighted by atomic mass is 9.84. The molecule has 10 heteroatoms. The Bertz CT molecular complexity index is 923. The molecule has 2 heterocycles. The second-order valence-corrected chi connectivity index (χ2v) is 8.43. The molecule has 0 bridgehead atoms. The molecule has 1 aliphatic heterocycles. The third kappa shape index (κ3) is 5.07. The number of rotatable bonds is 6. The summed E-state index contributed by atoms with van der Waals surface area (Å²) in [7, 11) is 0. The quantitative estimate of drug-likeness (QED) is 0.644. The van der Waals surface area contributed by atoms with Crippen molar-refractivity contribution in [3.05, 3.63) is 30.1 Å². The van der Waals surface area contributed by atoms with Gasteiger partial charge in [0.05, 0.1) is 23.7 Å². The maximum atomic E-state index is 13.0. The summed E-state index contributed by atoms with van der Waals surface area (Å²) >= 11 is 0. The number of alkyl halides is 3. The van der Waals surface area contributed by atoms with Gasteiger partial charge in [-0.2, -0.15) is 13.2 Å². The van der Waals surface area contributed by atoms with Crippen LogP contribution in [0.1, 0.15) is 31.2 Å². The number of fused-ring (bicyclic) bond motifs is 1. The van der Waals surface area contributed by atoms with E-state index in [4.69, 9.17) is 5.73 Å². The highest BCUT2D eigenvalue weighted by Crippen LogP contribution is 2.32. The fourth-order valence-electron chi connectivity index (χ4n) is 4.46. The van der Waals surface area contributed by atoms with E-state index in [1.165, 1.54) is 25.2 Å². The summed E-state index contributed by atoms with van der Waals surface area (Å²) in [5, 5.41) is 6.05. The Morgan fingerprint density at radius 1 is 1.16 bits per heavy atom. The number of amides is 1. The lowest BCUT2D eigenvalue weighted by molar-refractivity contribution is -0.137. The van der Waals surface area contributed by atoms with E-state index in [-0.39, 0.29) is 29.7 Å². The molecule has 2 aliphatic rings. The Balaban J connectivity index is 1.27. The third-order valence-corrected chi connectivity index (χ3v) is 6.32. The predicted octanol–water partition coefficient (Wildman–Crippen LogP) is 2.38. The number of carbonyl (C=O) groups excluding carboxylic acids is 1. The average molecular weight is 436 g/mol. The molecule has 1 aliphatic carbocycles. The minimum absolute atomic E-state index is 0.0690. The zero-order valence-electron chi connectivity index (χ0n) is 17.2. The fourth-order valence-corrected chi connectivity index (χ4v) is 4.46. The molecule has 1 amide bonds. The molecule has 168 valence electrons. The fraction of sp³-hybridized carbons (Fsp3) is 0.571. The van der Waals surface area contributed by atoms with Crippen molar-refractivity contribution in [1.82, 2.24) is 20.2 Å². The molecule has 0 unspecified atom stereocenters. The van der Waals surface area contributed by atoms with Crippen molar-refractivity contribution in [2.75, 3.05) is 31.5 Å². The van der Waals surface area contributed by atoms with Crippen molar-refractivity contribution in [3.8, 4) is 0 Å². The zero-order chi connectivity index (χ0) is 22.0. The van der Waals surface area contributed by atoms with E-state index in [1.54, 1.807) is 0 Å². The highest BCUT2D eigenvalue weighted by molar-refractivity contribution is 5.91. The first kappa shape index (κ1) is 21.8. The van der Waals surface area contributed by atoms with Crippen molar-refractivity contribution >= 4 is 22.6 Å². The Kier molecular flexibility index (Phi) is 6.29. The lowest BCUT2D eigenvalue weighted by Gasteiger charge is -2.46. The Labute approximate surface area is 178 Å². The molecule has 0 radical (unpaired) electrons. The summed E-state index contributed by atoms with van der Waals surface area (Å²) in [6, 6.07) is 3.95. The number of aromatic nitrogens is 2. The number of likely N-dealkylation sites (tertiary alicyclic amines) is 1. The van der Waals surface area contributed by atoms with Gasteiger partial charge in [0.15, 0.2) is 0 Å². The first-order valence-electron chi connectivity index (χ1n) is 10.6. The van der Waals surface area contributed by atoms with E-state index in [0.717, 1.165) is 44.6 Å². The van der Waals surface area contributed by atoms with Crippen molar-refractivity contribution in [1.29, 1.82) is 0 Å². The van der Waals surface area contributed by atoms with Gasteiger partial charge < -0.3 is 16.4 Å². The van der Waals surface area contributed by atoms with Crippen molar-refractivity contribution < 1.29 is 18.0 Å². The molecule has 0 atom stereocenters. The van der Waals surface area contributed by atoms with Gasteiger partial charge in [0.2, 0.25) is 5.91 Å². The van der Waals surface area contributed by atoms with Crippen molar-refractivity contribution in [2.45, 2.75) is 43.9 Å². The van der Waals surface area contributed by atoms with Crippen LogP contribution in [0.25, 0.3) is 10.9 Å². The topological polar surface area (TPSA) is 96.2 Å². The molecule has 1 aromatic carbocycles. The van der Waals surface area contributed by atoms with Crippen LogP contribution in [0.5, 0.6) is 0 Å². The number of hydrogen-bond acceptors (Lipinski definition) is 6. The number of nitrogens with zero attached hydrogens (tertiary/aromatic N) is 3. The molecule has 31 heavy (non-hydrogen) atoms. The maximum Gasteiger partial charge on any atom is 0.416 e. The smallest absolute Gasteiger partial charge is 0.360 e. The van der Waals surface area contributed by atoms with Crippen LogP contribution in [0.4, 0.5) is 19.0 Å². The lowest BCUT2D eigenvalue weighted by Crippen LogP contribution is -2.63. The summed E-state index contributed by atoms with van der Waals surface area (Å²) in [6.07, 6.45) is 1.45. The van der Waals surface area contributed by atoms with E-state index >= 15 is 0 Å². The van der Waals surface area contributed by atoms with Crippen LogP contribution in [-0.4, -0.2) is 59.0 Å². The van der Waals surface area contributed by atoms with Gasteiger partial charge in [0.25, 0.3) is 0 Å². The number of halogens is 3. The highest BCUT2D eigenvalue weighted by atomic mass is 19.4. The molecule has 1 aromatic heterocycles. The number of nitrogens with one attached hydrogen (secondary N) is 2. The Morgan fingerprint density at radius 2 is 1.90 bits per heavy atom. The van der Waals surface area contributed by atoms with Gasteiger partial charge in [-0.25, -0.2) is 9.97 Å². The van der Waals surface area contributed by atoms with Crippen LogP contribution in [0, 0.1) is 5.92 Å². The minimum atomic E-state index is -4.46. The van der Waals surface area contributed by atoms with Gasteiger partial charge in [-0.15, -0.1) is 0 Å². The molecule has 1 saturated heterocycles. The second-order valence-electron chi connectivity index (χ2n) is 8.43. The molecule has 1 saturated carbocycles. The van der Waals surface area contributed by atoms with E-state index in [2.05, 4.69) is 25.5 Å². The summed E-state index contributed by atoms with van der Waals surface area (Å²) in [4.78, 5) is 22.7. The first-order valence-corrected chi connectivity index (χ1v) is 10.6. The van der Waals surface area contributed by atoms with E-state index in [0.29, 0.717) is 17.5 Å². The molecule has 4 N–H and O–H groups in total. The number of anilines is 1. The van der Waals surface area contributed by atoms with Gasteiger partial charge >= 0.3 is 6.18 Å². The molecule has 4 rings (SSSR count). The average Bonchev–Trinajstić information content (AvgIpc) is 2.73. The van der Waals surface area contributed by atoms with Crippen LogP contribution in [0.15, 0.2) is 24.5 Å². The third-order valence-electron chi connectivity index (χ3n) is 6.32. The van der Waals surface area contributed by atoms with Gasteiger partial charge in [-0.3, -0.25) is 9.69 Å². The monoisotopic (exact) mass is 436 g/mol. The predicted molar refractivity (Wildman–Crippen MR) is 111 cm³/mol. The molecule has 2 aromatic rings.